The van der Waals surface area contributed by atoms with Crippen molar-refractivity contribution < 1.29 is 13.2 Å². The number of para-hydroxylation sites is 1. The van der Waals surface area contributed by atoms with E-state index >= 15 is 0 Å². The van der Waals surface area contributed by atoms with E-state index in [0.29, 0.717) is 24.3 Å². The van der Waals surface area contributed by atoms with Crippen molar-refractivity contribution in [1.29, 1.82) is 0 Å². The van der Waals surface area contributed by atoms with Crippen LogP contribution in [0.1, 0.15) is 22.8 Å². The van der Waals surface area contributed by atoms with E-state index in [1.165, 1.54) is 12.1 Å². The molecular weight excluding hydrogens is 350 g/mol. The molecule has 1 heterocycles. The molecule has 3 rings (SSSR count). The number of nitrogens with zero attached hydrogens (tertiary/aromatic N) is 1. The number of hydrogen-bond acceptors (Lipinski definition) is 4. The van der Waals surface area contributed by atoms with E-state index in [1.807, 2.05) is 26.0 Å². The van der Waals surface area contributed by atoms with Gasteiger partial charge in [0.05, 0.1) is 10.6 Å². The molecule has 2 aromatic carbocycles. The highest BCUT2D eigenvalue weighted by Gasteiger charge is 2.22. The zero-order valence-electron chi connectivity index (χ0n) is 14.9. The Morgan fingerprint density at radius 2 is 1.85 bits per heavy atom. The van der Waals surface area contributed by atoms with E-state index in [4.69, 9.17) is 0 Å². The summed E-state index contributed by atoms with van der Waals surface area (Å²) in [6.07, 6.45) is 0. The average molecular weight is 373 g/mol. The third kappa shape index (κ3) is 4.05. The topological polar surface area (TPSA) is 78.5 Å². The van der Waals surface area contributed by atoms with Crippen LogP contribution in [-0.2, 0) is 10.0 Å². The number of benzene rings is 2. The number of nitrogens with one attached hydrogen (secondary N) is 2. The molecule has 2 N–H and O–H groups in total. The van der Waals surface area contributed by atoms with Crippen LogP contribution in [0.3, 0.4) is 0 Å². The molecule has 138 valence electrons. The van der Waals surface area contributed by atoms with Gasteiger partial charge >= 0.3 is 0 Å². The third-order valence-corrected chi connectivity index (χ3v) is 5.84. The van der Waals surface area contributed by atoms with Gasteiger partial charge in [-0.2, -0.15) is 0 Å². The number of sulfonamides is 1. The molecule has 1 fully saturated rings. The quantitative estimate of drug-likeness (QED) is 0.861. The SMILES string of the molecule is Cc1ccccc1NS(=O)(=O)c1ccc(C(=O)N2CCNC(C)C2)cc1. The Bertz CT molecular complexity index is 895. The van der Waals surface area contributed by atoms with Gasteiger partial charge < -0.3 is 10.2 Å². The first-order valence-corrected chi connectivity index (χ1v) is 10.1. The van der Waals surface area contributed by atoms with Gasteiger partial charge in [-0.15, -0.1) is 0 Å². The zero-order valence-corrected chi connectivity index (χ0v) is 15.7. The summed E-state index contributed by atoms with van der Waals surface area (Å²) < 4.78 is 27.7. The minimum atomic E-state index is -3.70. The highest BCUT2D eigenvalue weighted by atomic mass is 32.2. The van der Waals surface area contributed by atoms with E-state index in [2.05, 4.69) is 10.0 Å². The van der Waals surface area contributed by atoms with Crippen molar-refractivity contribution in [3.8, 4) is 0 Å². The first-order valence-electron chi connectivity index (χ1n) is 8.58. The summed E-state index contributed by atoms with van der Waals surface area (Å²) in [6, 6.07) is 13.5. The lowest BCUT2D eigenvalue weighted by Crippen LogP contribution is -2.51. The number of rotatable bonds is 4. The third-order valence-electron chi connectivity index (χ3n) is 4.46. The van der Waals surface area contributed by atoms with Crippen molar-refractivity contribution in [3.05, 3.63) is 59.7 Å². The fourth-order valence-electron chi connectivity index (χ4n) is 2.97. The van der Waals surface area contributed by atoms with Gasteiger partial charge in [-0.25, -0.2) is 8.42 Å². The first-order chi connectivity index (χ1) is 12.4. The van der Waals surface area contributed by atoms with Crippen molar-refractivity contribution in [2.75, 3.05) is 24.4 Å². The second-order valence-electron chi connectivity index (χ2n) is 6.55. The monoisotopic (exact) mass is 373 g/mol. The van der Waals surface area contributed by atoms with Crippen molar-refractivity contribution in [3.63, 3.8) is 0 Å². The molecule has 1 saturated heterocycles. The molecule has 1 atom stereocenters. The molecule has 1 amide bonds. The van der Waals surface area contributed by atoms with Crippen LogP contribution in [0, 0.1) is 6.92 Å². The number of hydrogen-bond donors (Lipinski definition) is 2. The Kier molecular flexibility index (Phi) is 5.29. The highest BCUT2D eigenvalue weighted by Crippen LogP contribution is 2.20. The average Bonchev–Trinajstić information content (AvgIpc) is 2.63. The molecule has 0 aromatic heterocycles. The summed E-state index contributed by atoms with van der Waals surface area (Å²) in [4.78, 5) is 14.5. The molecule has 0 aliphatic carbocycles. The van der Waals surface area contributed by atoms with Crippen LogP contribution in [-0.4, -0.2) is 44.9 Å². The number of amides is 1. The van der Waals surface area contributed by atoms with Crippen LogP contribution in [0.2, 0.25) is 0 Å². The smallest absolute Gasteiger partial charge is 0.261 e. The predicted molar refractivity (Wildman–Crippen MR) is 102 cm³/mol. The van der Waals surface area contributed by atoms with Crippen molar-refractivity contribution in [2.24, 2.45) is 0 Å². The largest absolute Gasteiger partial charge is 0.336 e. The lowest BCUT2D eigenvalue weighted by Gasteiger charge is -2.32. The van der Waals surface area contributed by atoms with Gasteiger partial charge in [0.1, 0.15) is 0 Å². The van der Waals surface area contributed by atoms with Crippen molar-refractivity contribution in [2.45, 2.75) is 24.8 Å². The van der Waals surface area contributed by atoms with Gasteiger partial charge in [-0.1, -0.05) is 18.2 Å². The van der Waals surface area contributed by atoms with Crippen LogP contribution >= 0.6 is 0 Å². The zero-order chi connectivity index (χ0) is 18.7. The summed E-state index contributed by atoms with van der Waals surface area (Å²) in [5.74, 6) is -0.0749. The predicted octanol–water partition coefficient (Wildman–Crippen LogP) is 2.23. The van der Waals surface area contributed by atoms with Gasteiger partial charge in [0, 0.05) is 31.2 Å². The minimum absolute atomic E-state index is 0.0749. The second-order valence-corrected chi connectivity index (χ2v) is 8.23. The number of carbonyl (C=O) groups is 1. The van der Waals surface area contributed by atoms with Crippen LogP contribution in [0.5, 0.6) is 0 Å². The lowest BCUT2D eigenvalue weighted by atomic mass is 10.1. The van der Waals surface area contributed by atoms with Gasteiger partial charge in [0.25, 0.3) is 15.9 Å². The maximum atomic E-state index is 12.6. The molecule has 7 heteroatoms. The van der Waals surface area contributed by atoms with Crippen LogP contribution in [0.4, 0.5) is 5.69 Å². The van der Waals surface area contributed by atoms with Crippen LogP contribution in [0.25, 0.3) is 0 Å². The lowest BCUT2D eigenvalue weighted by molar-refractivity contribution is 0.0709. The summed E-state index contributed by atoms with van der Waals surface area (Å²) >= 11 is 0. The molecule has 0 bridgehead atoms. The molecule has 0 saturated carbocycles. The van der Waals surface area contributed by atoms with Crippen LogP contribution < -0.4 is 10.0 Å². The van der Waals surface area contributed by atoms with Gasteiger partial charge in [-0.05, 0) is 49.7 Å². The molecule has 0 spiro atoms. The Balaban J connectivity index is 1.76. The standard InChI is InChI=1S/C19H23N3O3S/c1-14-5-3-4-6-18(14)21-26(24,25)17-9-7-16(8-10-17)19(23)22-12-11-20-15(2)13-22/h3-10,15,20-21H,11-13H2,1-2H3. The van der Waals surface area contributed by atoms with E-state index < -0.39 is 10.0 Å². The summed E-state index contributed by atoms with van der Waals surface area (Å²) in [7, 11) is -3.70. The van der Waals surface area contributed by atoms with E-state index in [9.17, 15) is 13.2 Å². The molecule has 1 aliphatic heterocycles. The molecule has 26 heavy (non-hydrogen) atoms. The Morgan fingerprint density at radius 1 is 1.15 bits per heavy atom. The summed E-state index contributed by atoms with van der Waals surface area (Å²) in [6.45, 7) is 5.94. The fourth-order valence-corrected chi connectivity index (χ4v) is 4.10. The molecule has 6 nitrogen and oxygen atoms in total. The minimum Gasteiger partial charge on any atom is -0.336 e. The van der Waals surface area contributed by atoms with E-state index in [0.717, 1.165) is 12.1 Å². The molecule has 0 radical (unpaired) electrons. The van der Waals surface area contributed by atoms with Gasteiger partial charge in [0.15, 0.2) is 0 Å². The first kappa shape index (κ1) is 18.4. The van der Waals surface area contributed by atoms with Gasteiger partial charge in [0.2, 0.25) is 0 Å². The fraction of sp³-hybridized carbons (Fsp3) is 0.316. The normalized spacial score (nSPS) is 17.8. The van der Waals surface area contributed by atoms with Crippen LogP contribution in [0.15, 0.2) is 53.4 Å². The number of aryl methyl sites for hydroxylation is 1. The molecule has 1 aliphatic rings. The van der Waals surface area contributed by atoms with E-state index in [1.54, 1.807) is 29.2 Å². The maximum Gasteiger partial charge on any atom is 0.261 e. The van der Waals surface area contributed by atoms with Gasteiger partial charge in [-0.3, -0.25) is 9.52 Å². The Labute approximate surface area is 154 Å². The Hall–Kier alpha value is -2.38. The van der Waals surface area contributed by atoms with Crippen molar-refractivity contribution >= 4 is 21.6 Å². The van der Waals surface area contributed by atoms with Crippen molar-refractivity contribution in [1.82, 2.24) is 10.2 Å². The summed E-state index contributed by atoms with van der Waals surface area (Å²) in [5, 5.41) is 3.29. The molecule has 1 unspecified atom stereocenters. The number of piperazine rings is 1. The maximum absolute atomic E-state index is 12.6. The summed E-state index contributed by atoms with van der Waals surface area (Å²) in [5.41, 5.74) is 1.88. The molecular formula is C19H23N3O3S. The second kappa shape index (κ2) is 7.47. The molecule has 2 aromatic rings. The number of anilines is 1. The number of carbonyl (C=O) groups excluding carboxylic acids is 1. The highest BCUT2D eigenvalue weighted by molar-refractivity contribution is 7.92. The van der Waals surface area contributed by atoms with E-state index in [-0.39, 0.29) is 16.8 Å². The Morgan fingerprint density at radius 3 is 2.50 bits per heavy atom.